The number of unbranched alkanes of at least 4 members (excludes halogenated alkanes) is 18. The van der Waals surface area contributed by atoms with Gasteiger partial charge in [-0.15, -0.1) is 0 Å². The second-order valence-electron chi connectivity index (χ2n) is 19.2. The van der Waals surface area contributed by atoms with Crippen LogP contribution >= 0.6 is 0 Å². The monoisotopic (exact) mass is 1020 g/mol. The number of hydrogen-bond acceptors (Lipinski definition) is 6. The van der Waals surface area contributed by atoms with Crippen LogP contribution in [0.2, 0.25) is 0 Å². The number of carbonyl (C=O) groups excluding carboxylic acids is 3. The van der Waals surface area contributed by atoms with Gasteiger partial charge in [0.2, 0.25) is 0 Å². The molecule has 0 spiro atoms. The van der Waals surface area contributed by atoms with Crippen LogP contribution in [0.15, 0.2) is 146 Å². The van der Waals surface area contributed by atoms with Gasteiger partial charge >= 0.3 is 17.9 Å². The van der Waals surface area contributed by atoms with E-state index in [4.69, 9.17) is 14.2 Å². The van der Waals surface area contributed by atoms with Gasteiger partial charge in [-0.3, -0.25) is 14.4 Å². The molecule has 0 aliphatic carbocycles. The molecule has 0 aromatic heterocycles. The minimum atomic E-state index is -0.838. The molecule has 6 heteroatoms. The van der Waals surface area contributed by atoms with E-state index < -0.39 is 12.1 Å². The molecule has 0 aromatic carbocycles. The Hall–Kier alpha value is -4.71. The molecule has 0 aliphatic rings. The fraction of sp³-hybridized carbons (Fsp3) is 0.603. The van der Waals surface area contributed by atoms with Crippen molar-refractivity contribution in [3.05, 3.63) is 146 Å². The summed E-state index contributed by atoms with van der Waals surface area (Å²) >= 11 is 0. The van der Waals surface area contributed by atoms with Crippen LogP contribution in [0.25, 0.3) is 0 Å². The van der Waals surface area contributed by atoms with Crippen molar-refractivity contribution in [2.24, 2.45) is 0 Å². The lowest BCUT2D eigenvalue weighted by Gasteiger charge is -2.18. The normalized spacial score (nSPS) is 13.2. The molecule has 1 unspecified atom stereocenters. The number of ether oxygens (including phenoxy) is 3. The molecule has 74 heavy (non-hydrogen) atoms. The van der Waals surface area contributed by atoms with E-state index in [1.807, 2.05) is 6.08 Å². The predicted octanol–water partition coefficient (Wildman–Crippen LogP) is 20.4. The summed E-state index contributed by atoms with van der Waals surface area (Å²) in [5, 5.41) is 0. The van der Waals surface area contributed by atoms with E-state index in [2.05, 4.69) is 154 Å². The molecule has 0 saturated carbocycles. The number of hydrogen-bond donors (Lipinski definition) is 0. The molecular formula is C68H108O6. The number of esters is 3. The van der Waals surface area contributed by atoms with Crippen molar-refractivity contribution in [3.8, 4) is 0 Å². The van der Waals surface area contributed by atoms with Crippen molar-refractivity contribution in [1.82, 2.24) is 0 Å². The van der Waals surface area contributed by atoms with Gasteiger partial charge in [-0.1, -0.05) is 250 Å². The molecule has 0 aliphatic heterocycles. The van der Waals surface area contributed by atoms with E-state index in [1.54, 1.807) is 6.08 Å². The van der Waals surface area contributed by atoms with Gasteiger partial charge in [0, 0.05) is 12.8 Å². The molecule has 1 atom stereocenters. The van der Waals surface area contributed by atoms with Gasteiger partial charge in [-0.25, -0.2) is 0 Å². The minimum absolute atomic E-state index is 0.115. The van der Waals surface area contributed by atoms with Gasteiger partial charge < -0.3 is 14.2 Å². The lowest BCUT2D eigenvalue weighted by Crippen LogP contribution is -2.30. The Balaban J connectivity index is 4.54. The molecule has 0 aromatic rings. The van der Waals surface area contributed by atoms with E-state index in [9.17, 15) is 14.4 Å². The van der Waals surface area contributed by atoms with E-state index in [0.29, 0.717) is 12.8 Å². The Morgan fingerprint density at radius 2 is 0.581 bits per heavy atom. The summed E-state index contributed by atoms with van der Waals surface area (Å²) < 4.78 is 16.8. The van der Waals surface area contributed by atoms with Crippen molar-refractivity contribution in [2.75, 3.05) is 13.2 Å². The summed E-state index contributed by atoms with van der Waals surface area (Å²) in [4.78, 5) is 38.2. The first kappa shape index (κ1) is 69.3. The zero-order valence-corrected chi connectivity index (χ0v) is 47.5. The minimum Gasteiger partial charge on any atom is -0.462 e. The molecule has 0 N–H and O–H groups in total. The summed E-state index contributed by atoms with van der Waals surface area (Å²) in [7, 11) is 0. The van der Waals surface area contributed by atoms with Crippen molar-refractivity contribution >= 4 is 17.9 Å². The average molecular weight is 1020 g/mol. The van der Waals surface area contributed by atoms with Crippen LogP contribution in [-0.4, -0.2) is 37.2 Å². The highest BCUT2D eigenvalue weighted by molar-refractivity contribution is 5.72. The average Bonchev–Trinajstić information content (AvgIpc) is 3.40. The van der Waals surface area contributed by atoms with Gasteiger partial charge in [0.1, 0.15) is 13.2 Å². The Morgan fingerprint density at radius 1 is 0.297 bits per heavy atom. The van der Waals surface area contributed by atoms with Crippen LogP contribution < -0.4 is 0 Å². The standard InChI is InChI=1S/C68H108O6/c1-4-7-10-13-16-19-22-25-28-30-32-33-34-35-36-38-40-43-46-49-52-55-58-61-67(70)73-64-65(63-72-66(69)60-57-54-51-48-45-42-39-27-24-21-18-15-12-9-6-3)74-68(71)62-59-56-53-50-47-44-41-37-31-29-26-23-20-17-14-11-8-5-2/h7,9-10,12,16,18-19,21,25,27-29,31-33,35-36,39-40,43,45,48,54,57,65H,4-6,8,11,13-15,17,20,22-24,26,30,34,37-38,41-42,44,46-47,49-53,55-56,58-64H2,1-3H3/b10-7-,12-9-,19-16-,21-18-,28-25-,31-29-,33-32-,36-35-,39-27-,43-40-,48-45-,57-54-. The highest BCUT2D eigenvalue weighted by Crippen LogP contribution is 2.14. The van der Waals surface area contributed by atoms with E-state index in [-0.39, 0.29) is 31.6 Å². The Labute approximate surface area is 455 Å². The van der Waals surface area contributed by atoms with Crippen molar-refractivity contribution in [3.63, 3.8) is 0 Å². The van der Waals surface area contributed by atoms with E-state index >= 15 is 0 Å². The zero-order chi connectivity index (χ0) is 53.6. The Bertz CT molecular complexity index is 1640. The third kappa shape index (κ3) is 58.2. The quantitative estimate of drug-likeness (QED) is 0.0261. The van der Waals surface area contributed by atoms with E-state index in [0.717, 1.165) is 122 Å². The molecule has 416 valence electrons. The van der Waals surface area contributed by atoms with Crippen molar-refractivity contribution in [1.29, 1.82) is 0 Å². The Kier molecular flexibility index (Phi) is 57.0. The molecule has 0 bridgehead atoms. The molecule has 0 fully saturated rings. The SMILES string of the molecule is CC/C=C\C/C=C\C/C=C\C/C=C\C/C=C\C/C=C\CCCCCCC(=O)OCC(COC(=O)C/C=C\C/C=C\C/C=C\C/C=C\C/C=C\CC)OC(=O)CCCCCCCCC/C=C\CCCCCCCCC. The van der Waals surface area contributed by atoms with Crippen molar-refractivity contribution in [2.45, 2.75) is 252 Å². The highest BCUT2D eigenvalue weighted by Gasteiger charge is 2.19. The fourth-order valence-corrected chi connectivity index (χ4v) is 7.69. The first-order chi connectivity index (χ1) is 36.5. The van der Waals surface area contributed by atoms with Gasteiger partial charge in [0.05, 0.1) is 6.42 Å². The summed E-state index contributed by atoms with van der Waals surface area (Å²) in [5.41, 5.74) is 0. The van der Waals surface area contributed by atoms with E-state index in [1.165, 1.54) is 83.5 Å². The maximum Gasteiger partial charge on any atom is 0.309 e. The van der Waals surface area contributed by atoms with Gasteiger partial charge in [-0.05, 0) is 122 Å². The first-order valence-corrected chi connectivity index (χ1v) is 29.8. The summed E-state index contributed by atoms with van der Waals surface area (Å²) in [6.07, 6.45) is 87.2. The number of carbonyl (C=O) groups is 3. The van der Waals surface area contributed by atoms with Gasteiger partial charge in [-0.2, -0.15) is 0 Å². The highest BCUT2D eigenvalue weighted by atomic mass is 16.6. The molecule has 0 saturated heterocycles. The summed E-state index contributed by atoms with van der Waals surface area (Å²) in [6, 6.07) is 0. The van der Waals surface area contributed by atoms with Crippen LogP contribution in [0, 0.1) is 0 Å². The molecule has 0 radical (unpaired) electrons. The van der Waals surface area contributed by atoms with Crippen LogP contribution in [0.5, 0.6) is 0 Å². The smallest absolute Gasteiger partial charge is 0.309 e. The summed E-state index contributed by atoms with van der Waals surface area (Å²) in [5.74, 6) is -1.09. The van der Waals surface area contributed by atoms with Crippen LogP contribution in [0.4, 0.5) is 0 Å². The predicted molar refractivity (Wildman–Crippen MR) is 320 cm³/mol. The molecule has 0 rings (SSSR count). The molecule has 0 heterocycles. The Morgan fingerprint density at radius 3 is 0.959 bits per heavy atom. The first-order valence-electron chi connectivity index (χ1n) is 29.8. The number of rotatable bonds is 52. The second-order valence-corrected chi connectivity index (χ2v) is 19.2. The molecule has 0 amide bonds. The van der Waals surface area contributed by atoms with Gasteiger partial charge in [0.15, 0.2) is 6.10 Å². The fourth-order valence-electron chi connectivity index (χ4n) is 7.69. The van der Waals surface area contributed by atoms with Crippen LogP contribution in [-0.2, 0) is 28.6 Å². The number of allylic oxidation sites excluding steroid dienone is 23. The van der Waals surface area contributed by atoms with Crippen LogP contribution in [0.1, 0.15) is 245 Å². The van der Waals surface area contributed by atoms with Crippen LogP contribution in [0.3, 0.4) is 0 Å². The molecular weight excluding hydrogens is 913 g/mol. The van der Waals surface area contributed by atoms with Gasteiger partial charge in [0.25, 0.3) is 0 Å². The largest absolute Gasteiger partial charge is 0.462 e. The third-order valence-electron chi connectivity index (χ3n) is 12.1. The maximum atomic E-state index is 12.9. The topological polar surface area (TPSA) is 78.9 Å². The second kappa shape index (κ2) is 60.8. The lowest BCUT2D eigenvalue weighted by atomic mass is 10.1. The summed E-state index contributed by atoms with van der Waals surface area (Å²) in [6.45, 7) is 6.29. The third-order valence-corrected chi connectivity index (χ3v) is 12.1. The maximum absolute atomic E-state index is 12.9. The van der Waals surface area contributed by atoms with Crippen molar-refractivity contribution < 1.29 is 28.6 Å². The molecule has 6 nitrogen and oxygen atoms in total. The zero-order valence-electron chi connectivity index (χ0n) is 47.5. The lowest BCUT2D eigenvalue weighted by molar-refractivity contribution is -0.166.